The maximum Gasteiger partial charge on any atom is 0.232 e. The molecule has 25 heavy (non-hydrogen) atoms. The number of rotatable bonds is 4. The van der Waals surface area contributed by atoms with Crippen molar-refractivity contribution in [3.63, 3.8) is 0 Å². The average molecular weight is 470 g/mol. The van der Waals surface area contributed by atoms with Gasteiger partial charge >= 0.3 is 0 Å². The number of halogens is 2. The molecule has 0 bridgehead atoms. The molecule has 0 unspecified atom stereocenters. The monoisotopic (exact) mass is 468 g/mol. The second kappa shape index (κ2) is 7.09. The lowest BCUT2D eigenvalue weighted by molar-refractivity contribution is 0.101. The summed E-state index contributed by atoms with van der Waals surface area (Å²) in [6, 6.07) is 7.06. The van der Waals surface area contributed by atoms with Gasteiger partial charge < -0.3 is 18.9 Å². The first-order chi connectivity index (χ1) is 12.0. The molecule has 1 aliphatic heterocycles. The number of hydrogen-bond acceptors (Lipinski definition) is 5. The third-order valence-corrected chi connectivity index (χ3v) is 5.03. The lowest BCUT2D eigenvalue weighted by Gasteiger charge is -2.09. The molecule has 2 aromatic carbocycles. The highest BCUT2D eigenvalue weighted by atomic mass is 79.9. The van der Waals surface area contributed by atoms with Crippen molar-refractivity contribution in [2.75, 3.05) is 21.3 Å². The molecule has 0 atom stereocenters. The predicted molar refractivity (Wildman–Crippen MR) is 101 cm³/mol. The van der Waals surface area contributed by atoms with E-state index in [2.05, 4.69) is 31.9 Å². The number of carbonyl (C=O) groups is 1. The van der Waals surface area contributed by atoms with Crippen molar-refractivity contribution < 1.29 is 23.7 Å². The number of methoxy groups -OCH3 is 3. The second-order valence-electron chi connectivity index (χ2n) is 5.14. The van der Waals surface area contributed by atoms with Crippen molar-refractivity contribution in [3.8, 4) is 23.0 Å². The minimum atomic E-state index is -0.200. The van der Waals surface area contributed by atoms with E-state index in [0.717, 1.165) is 5.56 Å². The fourth-order valence-corrected chi connectivity index (χ4v) is 4.04. The summed E-state index contributed by atoms with van der Waals surface area (Å²) >= 11 is 6.83. The molecule has 130 valence electrons. The van der Waals surface area contributed by atoms with E-state index in [-0.39, 0.29) is 11.5 Å². The molecule has 0 aromatic heterocycles. The zero-order chi connectivity index (χ0) is 18.1. The van der Waals surface area contributed by atoms with Crippen molar-refractivity contribution in [2.24, 2.45) is 0 Å². The molecular weight excluding hydrogens is 456 g/mol. The van der Waals surface area contributed by atoms with E-state index in [0.29, 0.717) is 37.5 Å². The summed E-state index contributed by atoms with van der Waals surface area (Å²) in [6.07, 6.45) is 1.66. The van der Waals surface area contributed by atoms with E-state index in [1.165, 1.54) is 0 Å². The Labute approximate surface area is 161 Å². The summed E-state index contributed by atoms with van der Waals surface area (Å²) in [6.45, 7) is 0. The average Bonchev–Trinajstić information content (AvgIpc) is 2.91. The minimum Gasteiger partial charge on any atom is -0.494 e. The van der Waals surface area contributed by atoms with E-state index in [1.54, 1.807) is 45.6 Å². The number of ketones is 1. The van der Waals surface area contributed by atoms with Crippen LogP contribution < -0.4 is 18.9 Å². The SMILES string of the molecule is COc1ccc(/C=C2\Oc3c(cc(Br)c(OC)c3Br)C2=O)cc1OC. The van der Waals surface area contributed by atoms with Crippen LogP contribution in [-0.2, 0) is 0 Å². The quantitative estimate of drug-likeness (QED) is 0.599. The van der Waals surface area contributed by atoms with Gasteiger partial charge in [-0.15, -0.1) is 0 Å². The summed E-state index contributed by atoms with van der Waals surface area (Å²) in [5.41, 5.74) is 1.22. The highest BCUT2D eigenvalue weighted by Crippen LogP contribution is 2.47. The summed E-state index contributed by atoms with van der Waals surface area (Å²) in [5.74, 6) is 2.22. The normalized spacial score (nSPS) is 14.3. The Morgan fingerprint density at radius 1 is 1.00 bits per heavy atom. The van der Waals surface area contributed by atoms with Gasteiger partial charge in [-0.1, -0.05) is 6.07 Å². The molecule has 3 rings (SSSR count). The third-order valence-electron chi connectivity index (χ3n) is 3.72. The highest BCUT2D eigenvalue weighted by molar-refractivity contribution is 9.11. The van der Waals surface area contributed by atoms with Crippen LogP contribution in [-0.4, -0.2) is 27.1 Å². The zero-order valence-electron chi connectivity index (χ0n) is 13.7. The van der Waals surface area contributed by atoms with Crippen molar-refractivity contribution in [2.45, 2.75) is 0 Å². The number of ether oxygens (including phenoxy) is 4. The van der Waals surface area contributed by atoms with Crippen LogP contribution in [0.4, 0.5) is 0 Å². The Bertz CT molecular complexity index is 890. The van der Waals surface area contributed by atoms with Crippen LogP contribution in [0.25, 0.3) is 6.08 Å². The Morgan fingerprint density at radius 2 is 1.72 bits per heavy atom. The highest BCUT2D eigenvalue weighted by Gasteiger charge is 2.32. The molecular formula is C18H14Br2O5. The smallest absolute Gasteiger partial charge is 0.232 e. The fraction of sp³-hybridized carbons (Fsp3) is 0.167. The molecule has 0 spiro atoms. The number of benzene rings is 2. The van der Waals surface area contributed by atoms with Gasteiger partial charge in [0.2, 0.25) is 5.78 Å². The summed E-state index contributed by atoms with van der Waals surface area (Å²) < 4.78 is 22.8. The van der Waals surface area contributed by atoms with Crippen LogP contribution in [0.1, 0.15) is 15.9 Å². The molecule has 5 nitrogen and oxygen atoms in total. The minimum absolute atomic E-state index is 0.200. The summed E-state index contributed by atoms with van der Waals surface area (Å²) in [7, 11) is 4.68. The standard InChI is InChI=1S/C18H14Br2O5/c1-22-12-5-4-9(6-13(12)23-2)7-14-16(21)10-8-11(19)18(24-3)15(20)17(10)25-14/h4-8H,1-3H3/b14-7-. The van der Waals surface area contributed by atoms with Crippen molar-refractivity contribution in [1.82, 2.24) is 0 Å². The van der Waals surface area contributed by atoms with Crippen LogP contribution in [0, 0.1) is 0 Å². The van der Waals surface area contributed by atoms with Crippen LogP contribution >= 0.6 is 31.9 Å². The number of fused-ring (bicyclic) bond motifs is 1. The third kappa shape index (κ3) is 3.14. The maximum atomic E-state index is 12.7. The van der Waals surface area contributed by atoms with E-state index in [4.69, 9.17) is 18.9 Å². The Hall–Kier alpha value is -1.99. The topological polar surface area (TPSA) is 54.0 Å². The first kappa shape index (κ1) is 17.8. The molecule has 1 heterocycles. The molecule has 0 radical (unpaired) electrons. The summed E-state index contributed by atoms with van der Waals surface area (Å²) in [4.78, 5) is 12.7. The van der Waals surface area contributed by atoms with Gasteiger partial charge in [0.1, 0.15) is 4.47 Å². The predicted octanol–water partition coefficient (Wildman–Crippen LogP) is 4.85. The van der Waals surface area contributed by atoms with Gasteiger partial charge in [0.25, 0.3) is 0 Å². The van der Waals surface area contributed by atoms with Crippen LogP contribution in [0.2, 0.25) is 0 Å². The van der Waals surface area contributed by atoms with Gasteiger partial charge in [-0.25, -0.2) is 0 Å². The van der Waals surface area contributed by atoms with E-state index in [9.17, 15) is 4.79 Å². The molecule has 0 saturated carbocycles. The molecule has 2 aromatic rings. The number of carbonyl (C=O) groups excluding carboxylic acids is 1. The zero-order valence-corrected chi connectivity index (χ0v) is 16.9. The molecule has 0 aliphatic carbocycles. The summed E-state index contributed by atoms with van der Waals surface area (Å²) in [5, 5.41) is 0. The van der Waals surface area contributed by atoms with Crippen molar-refractivity contribution >= 4 is 43.7 Å². The van der Waals surface area contributed by atoms with Crippen LogP contribution in [0.3, 0.4) is 0 Å². The molecule has 0 fully saturated rings. The van der Waals surface area contributed by atoms with Gasteiger partial charge in [0.15, 0.2) is 28.8 Å². The fourth-order valence-electron chi connectivity index (χ4n) is 2.52. The van der Waals surface area contributed by atoms with Crippen LogP contribution in [0.5, 0.6) is 23.0 Å². The lowest BCUT2D eigenvalue weighted by Crippen LogP contribution is -1.98. The Morgan fingerprint density at radius 3 is 2.36 bits per heavy atom. The molecule has 0 N–H and O–H groups in total. The molecule has 0 saturated heterocycles. The van der Waals surface area contributed by atoms with Crippen LogP contribution in [0.15, 0.2) is 39.0 Å². The number of Topliss-reactive ketones (excluding diaryl/α,β-unsaturated/α-hetero) is 1. The number of hydrogen-bond donors (Lipinski definition) is 0. The Kier molecular flexibility index (Phi) is 5.06. The van der Waals surface area contributed by atoms with Gasteiger partial charge in [0, 0.05) is 0 Å². The first-order valence-corrected chi connectivity index (χ1v) is 8.81. The van der Waals surface area contributed by atoms with E-state index in [1.807, 2.05) is 6.07 Å². The molecule has 0 amide bonds. The maximum absolute atomic E-state index is 12.7. The number of allylic oxidation sites excluding steroid dienone is 1. The van der Waals surface area contributed by atoms with Gasteiger partial charge in [-0.2, -0.15) is 0 Å². The van der Waals surface area contributed by atoms with E-state index >= 15 is 0 Å². The van der Waals surface area contributed by atoms with Gasteiger partial charge in [-0.05, 0) is 61.7 Å². The second-order valence-corrected chi connectivity index (χ2v) is 6.78. The van der Waals surface area contributed by atoms with E-state index < -0.39 is 0 Å². The van der Waals surface area contributed by atoms with Gasteiger partial charge in [-0.3, -0.25) is 4.79 Å². The Balaban J connectivity index is 2.02. The first-order valence-electron chi connectivity index (χ1n) is 7.22. The molecule has 1 aliphatic rings. The lowest BCUT2D eigenvalue weighted by atomic mass is 10.1. The van der Waals surface area contributed by atoms with Crippen molar-refractivity contribution in [1.29, 1.82) is 0 Å². The van der Waals surface area contributed by atoms with Crippen molar-refractivity contribution in [3.05, 3.63) is 50.1 Å². The van der Waals surface area contributed by atoms with Gasteiger partial charge in [0.05, 0.1) is 31.4 Å². The largest absolute Gasteiger partial charge is 0.494 e. The molecule has 7 heteroatoms.